The van der Waals surface area contributed by atoms with Crippen molar-refractivity contribution in [3.63, 3.8) is 0 Å². The first kappa shape index (κ1) is 24.6. The van der Waals surface area contributed by atoms with E-state index in [-0.39, 0.29) is 17.9 Å². The molecule has 1 fully saturated rings. The van der Waals surface area contributed by atoms with Crippen LogP contribution < -0.4 is 4.90 Å². The third-order valence-electron chi connectivity index (χ3n) is 6.35. The Morgan fingerprint density at radius 2 is 1.50 bits per heavy atom. The van der Waals surface area contributed by atoms with Crippen LogP contribution in [0.1, 0.15) is 12.0 Å². The number of benzene rings is 4. The average molecular weight is 610 g/mol. The molecule has 0 aliphatic carbocycles. The van der Waals surface area contributed by atoms with Crippen molar-refractivity contribution in [2.24, 2.45) is 0 Å². The maximum absolute atomic E-state index is 14.0. The summed E-state index contributed by atoms with van der Waals surface area (Å²) in [4.78, 5) is 27.7. The van der Waals surface area contributed by atoms with E-state index < -0.39 is 27.9 Å². The van der Waals surface area contributed by atoms with E-state index in [4.69, 9.17) is 0 Å². The van der Waals surface area contributed by atoms with Gasteiger partial charge in [-0.05, 0) is 81.7 Å². The molecule has 0 spiro atoms. The van der Waals surface area contributed by atoms with Crippen LogP contribution in [0.3, 0.4) is 0 Å². The van der Waals surface area contributed by atoms with E-state index in [2.05, 4.69) is 22.6 Å². The fraction of sp³-hybridized carbons (Fsp3) is 0.143. The molecule has 1 saturated heterocycles. The molecule has 0 N–H and O–H groups in total. The molecule has 2 amide bonds. The van der Waals surface area contributed by atoms with Crippen molar-refractivity contribution in [1.29, 1.82) is 0 Å². The molecule has 8 heteroatoms. The molecule has 1 heterocycles. The van der Waals surface area contributed by atoms with Gasteiger partial charge in [-0.3, -0.25) is 9.59 Å². The smallest absolute Gasteiger partial charge is 0.252 e. The van der Waals surface area contributed by atoms with E-state index in [0.29, 0.717) is 12.1 Å². The lowest BCUT2D eigenvalue weighted by Gasteiger charge is -2.27. The second kappa shape index (κ2) is 10.1. The van der Waals surface area contributed by atoms with Gasteiger partial charge in [0.15, 0.2) is 0 Å². The van der Waals surface area contributed by atoms with Gasteiger partial charge in [-0.2, -0.15) is 4.31 Å². The number of sulfonamides is 1. The van der Waals surface area contributed by atoms with Crippen LogP contribution in [0.5, 0.6) is 0 Å². The highest BCUT2D eigenvalue weighted by molar-refractivity contribution is 14.1. The zero-order valence-electron chi connectivity index (χ0n) is 19.2. The summed E-state index contributed by atoms with van der Waals surface area (Å²) in [6.45, 7) is 0.0728. The van der Waals surface area contributed by atoms with Crippen molar-refractivity contribution in [1.82, 2.24) is 4.31 Å². The molecule has 1 unspecified atom stereocenters. The van der Waals surface area contributed by atoms with Crippen LogP contribution in [0.4, 0.5) is 5.69 Å². The SMILES string of the molecule is O=C1CC(N(CCc2ccccc2)S(=O)(=O)c2ccc3ccccc3c2)C(=O)N1c1ccc(I)cc1. The minimum atomic E-state index is -4.08. The molecule has 6 nitrogen and oxygen atoms in total. The summed E-state index contributed by atoms with van der Waals surface area (Å²) in [5.74, 6) is -0.941. The summed E-state index contributed by atoms with van der Waals surface area (Å²) in [6.07, 6.45) is 0.210. The van der Waals surface area contributed by atoms with Crippen LogP contribution in [0.25, 0.3) is 10.8 Å². The Labute approximate surface area is 223 Å². The molecule has 0 radical (unpaired) electrons. The minimum Gasteiger partial charge on any atom is -0.274 e. The van der Waals surface area contributed by atoms with Gasteiger partial charge < -0.3 is 0 Å². The first-order valence-electron chi connectivity index (χ1n) is 11.5. The number of fused-ring (bicyclic) bond motifs is 1. The quantitative estimate of drug-likeness (QED) is 0.218. The maximum Gasteiger partial charge on any atom is 0.252 e. The van der Waals surface area contributed by atoms with Crippen molar-refractivity contribution in [2.75, 3.05) is 11.4 Å². The largest absolute Gasteiger partial charge is 0.274 e. The Morgan fingerprint density at radius 3 is 2.22 bits per heavy atom. The van der Waals surface area contributed by atoms with E-state index in [1.807, 2.05) is 66.7 Å². The lowest BCUT2D eigenvalue weighted by molar-refractivity contribution is -0.122. The molecule has 5 rings (SSSR count). The Balaban J connectivity index is 1.53. The van der Waals surface area contributed by atoms with Crippen LogP contribution in [-0.2, 0) is 26.0 Å². The highest BCUT2D eigenvalue weighted by Gasteiger charge is 2.46. The second-order valence-electron chi connectivity index (χ2n) is 8.62. The van der Waals surface area contributed by atoms with Crippen molar-refractivity contribution in [3.05, 3.63) is 106 Å². The number of carbonyl (C=O) groups is 2. The average Bonchev–Trinajstić information content (AvgIpc) is 3.18. The normalized spacial score (nSPS) is 16.3. The predicted molar refractivity (Wildman–Crippen MR) is 148 cm³/mol. The third kappa shape index (κ3) is 4.80. The molecular weight excluding hydrogens is 587 g/mol. The number of nitrogens with zero attached hydrogens (tertiary/aromatic N) is 2. The molecule has 0 saturated carbocycles. The zero-order valence-corrected chi connectivity index (χ0v) is 22.2. The van der Waals surface area contributed by atoms with E-state index in [1.54, 1.807) is 30.3 Å². The number of rotatable bonds is 7. The molecule has 0 aromatic heterocycles. The lowest BCUT2D eigenvalue weighted by Crippen LogP contribution is -2.46. The number of halogens is 1. The third-order valence-corrected chi connectivity index (χ3v) is 8.97. The molecule has 0 bridgehead atoms. The summed E-state index contributed by atoms with van der Waals surface area (Å²) in [5, 5.41) is 1.71. The Morgan fingerprint density at radius 1 is 0.833 bits per heavy atom. The monoisotopic (exact) mass is 610 g/mol. The van der Waals surface area contributed by atoms with Crippen molar-refractivity contribution in [3.8, 4) is 0 Å². The number of imide groups is 1. The van der Waals surface area contributed by atoms with Gasteiger partial charge in [-0.15, -0.1) is 0 Å². The molecule has 1 aliphatic heterocycles. The van der Waals surface area contributed by atoms with Gasteiger partial charge in [0, 0.05) is 10.1 Å². The number of carbonyl (C=O) groups excluding carboxylic acids is 2. The summed E-state index contributed by atoms with van der Waals surface area (Å²) in [5.41, 5.74) is 1.39. The van der Waals surface area contributed by atoms with Gasteiger partial charge >= 0.3 is 0 Å². The molecule has 1 aliphatic rings. The van der Waals surface area contributed by atoms with Gasteiger partial charge in [-0.25, -0.2) is 13.3 Å². The molecular formula is C28H23IN2O4S. The van der Waals surface area contributed by atoms with Gasteiger partial charge in [0.05, 0.1) is 17.0 Å². The van der Waals surface area contributed by atoms with Crippen LogP contribution in [0.15, 0.2) is 102 Å². The molecule has 36 heavy (non-hydrogen) atoms. The van der Waals surface area contributed by atoms with Crippen LogP contribution in [0.2, 0.25) is 0 Å². The first-order chi connectivity index (χ1) is 17.3. The standard InChI is InChI=1S/C28H23IN2O4S/c29-23-11-13-24(14-12-23)31-27(32)19-26(28(31)33)30(17-16-20-6-2-1-3-7-20)36(34,35)25-15-10-21-8-4-5-9-22(21)18-25/h1-15,18,26H,16-17,19H2. The predicted octanol–water partition coefficient (Wildman–Crippen LogP) is 5.01. The Kier molecular flexibility index (Phi) is 6.92. The van der Waals surface area contributed by atoms with Gasteiger partial charge in [0.25, 0.3) is 5.91 Å². The van der Waals surface area contributed by atoms with Crippen molar-refractivity contribution in [2.45, 2.75) is 23.8 Å². The fourth-order valence-corrected chi connectivity index (χ4v) is 6.47. The van der Waals surface area contributed by atoms with Gasteiger partial charge in [0.1, 0.15) is 6.04 Å². The Bertz CT molecular complexity index is 1540. The highest BCUT2D eigenvalue weighted by Crippen LogP contribution is 2.31. The van der Waals surface area contributed by atoms with Crippen molar-refractivity contribution >= 4 is 60.9 Å². The zero-order chi connectivity index (χ0) is 25.3. The summed E-state index contributed by atoms with van der Waals surface area (Å²) in [7, 11) is -4.08. The van der Waals surface area contributed by atoms with Crippen LogP contribution in [0, 0.1) is 3.57 Å². The van der Waals surface area contributed by atoms with E-state index in [0.717, 1.165) is 24.8 Å². The van der Waals surface area contributed by atoms with Gasteiger partial charge in [0.2, 0.25) is 15.9 Å². The highest BCUT2D eigenvalue weighted by atomic mass is 127. The summed E-state index contributed by atoms with van der Waals surface area (Å²) >= 11 is 2.15. The second-order valence-corrected chi connectivity index (χ2v) is 11.8. The van der Waals surface area contributed by atoms with E-state index >= 15 is 0 Å². The summed E-state index contributed by atoms with van der Waals surface area (Å²) < 4.78 is 30.1. The van der Waals surface area contributed by atoms with Gasteiger partial charge in [-0.1, -0.05) is 60.7 Å². The lowest BCUT2D eigenvalue weighted by atomic mass is 10.1. The molecule has 4 aromatic rings. The molecule has 182 valence electrons. The van der Waals surface area contributed by atoms with E-state index in [1.165, 1.54) is 4.31 Å². The first-order valence-corrected chi connectivity index (χ1v) is 14.0. The maximum atomic E-state index is 14.0. The number of hydrogen-bond acceptors (Lipinski definition) is 4. The number of amides is 2. The fourth-order valence-electron chi connectivity index (χ4n) is 4.49. The topological polar surface area (TPSA) is 74.8 Å². The number of hydrogen-bond donors (Lipinski definition) is 0. The molecule has 1 atom stereocenters. The number of anilines is 1. The van der Waals surface area contributed by atoms with E-state index in [9.17, 15) is 18.0 Å². The van der Waals surface area contributed by atoms with Crippen molar-refractivity contribution < 1.29 is 18.0 Å². The minimum absolute atomic E-state index is 0.0728. The molecule has 4 aromatic carbocycles. The summed E-state index contributed by atoms with van der Waals surface area (Å²) in [6, 6.07) is 27.9. The van der Waals surface area contributed by atoms with Crippen LogP contribution in [-0.4, -0.2) is 37.1 Å². The van der Waals surface area contributed by atoms with Crippen LogP contribution >= 0.6 is 22.6 Å². The Hall–Kier alpha value is -3.08.